The Hall–Kier alpha value is -2.30. The summed E-state index contributed by atoms with van der Waals surface area (Å²) in [4.78, 5) is 0. The van der Waals surface area contributed by atoms with E-state index in [4.69, 9.17) is 38.1 Å². The van der Waals surface area contributed by atoms with Crippen LogP contribution in [0.2, 0.25) is 10.0 Å². The van der Waals surface area contributed by atoms with E-state index in [9.17, 15) is 15.8 Å². The number of hydrogen-bond donors (Lipinski definition) is 1. The minimum absolute atomic E-state index is 0.232. The lowest BCUT2D eigenvalue weighted by Gasteiger charge is -2.53. The molecule has 2 heterocycles. The van der Waals surface area contributed by atoms with Crippen LogP contribution in [0.5, 0.6) is 0 Å². The molecule has 8 heteroatoms. The number of ether oxygens (including phenoxy) is 2. The van der Waals surface area contributed by atoms with Crippen molar-refractivity contribution in [1.29, 1.82) is 21.2 Å². The Balaban J connectivity index is 1.98. The van der Waals surface area contributed by atoms with Crippen LogP contribution in [0.15, 0.2) is 18.2 Å². The van der Waals surface area contributed by atoms with E-state index in [-0.39, 0.29) is 21.5 Å². The number of nitriles is 3. The van der Waals surface area contributed by atoms with Gasteiger partial charge in [0.05, 0.1) is 24.1 Å². The molecule has 30 heavy (non-hydrogen) atoms. The molecule has 6 nitrogen and oxygen atoms in total. The standard InChI is InChI=1S/C22H20Cl2N4O2/c1-2-4-13-7-8-22-16(9-13)21(12-27,19(28)30-22)20(10-25,11-26)18(29-22)17-14(23)5-3-6-15(17)24/h3,5-6,13,16,18,28H,2,4,7-9H2,1H3. The second-order valence-corrected chi connectivity index (χ2v) is 9.12. The lowest BCUT2D eigenvalue weighted by atomic mass is 9.50. The predicted molar refractivity (Wildman–Crippen MR) is 109 cm³/mol. The van der Waals surface area contributed by atoms with Crippen molar-refractivity contribution in [1.82, 2.24) is 0 Å². The lowest BCUT2D eigenvalue weighted by molar-refractivity contribution is -0.299. The number of hydrogen-bond acceptors (Lipinski definition) is 6. The minimum atomic E-state index is -2.04. The molecule has 3 aliphatic rings. The molecule has 5 atom stereocenters. The highest BCUT2D eigenvalue weighted by molar-refractivity contribution is 6.36. The maximum Gasteiger partial charge on any atom is 0.217 e. The topological polar surface area (TPSA) is 114 Å². The third-order valence-corrected chi connectivity index (χ3v) is 7.64. The van der Waals surface area contributed by atoms with E-state index < -0.39 is 28.6 Å². The maximum atomic E-state index is 10.4. The van der Waals surface area contributed by atoms with Crippen molar-refractivity contribution in [3.05, 3.63) is 33.8 Å². The summed E-state index contributed by atoms with van der Waals surface area (Å²) in [6.07, 6.45) is 2.57. The van der Waals surface area contributed by atoms with Crippen LogP contribution in [0.3, 0.4) is 0 Å². The summed E-state index contributed by atoms with van der Waals surface area (Å²) >= 11 is 12.8. The molecule has 2 saturated heterocycles. The highest BCUT2D eigenvalue weighted by Gasteiger charge is 2.81. The fourth-order valence-corrected chi connectivity index (χ4v) is 6.20. The van der Waals surface area contributed by atoms with Crippen LogP contribution in [0.1, 0.15) is 50.7 Å². The van der Waals surface area contributed by atoms with Crippen molar-refractivity contribution < 1.29 is 9.47 Å². The Bertz CT molecular complexity index is 1000. The molecule has 1 aliphatic carbocycles. The van der Waals surface area contributed by atoms with Crippen LogP contribution in [-0.2, 0) is 9.47 Å². The van der Waals surface area contributed by atoms with E-state index >= 15 is 0 Å². The molecule has 1 aromatic carbocycles. The van der Waals surface area contributed by atoms with Gasteiger partial charge in [0.1, 0.15) is 6.10 Å². The van der Waals surface area contributed by atoms with Gasteiger partial charge in [-0.2, -0.15) is 15.8 Å². The van der Waals surface area contributed by atoms with Crippen molar-refractivity contribution >= 4 is 29.1 Å². The van der Waals surface area contributed by atoms with Crippen molar-refractivity contribution in [2.24, 2.45) is 22.7 Å². The Morgan fingerprint density at radius 2 is 1.83 bits per heavy atom. The van der Waals surface area contributed by atoms with E-state index in [0.717, 1.165) is 19.3 Å². The van der Waals surface area contributed by atoms with E-state index in [2.05, 4.69) is 13.0 Å². The minimum Gasteiger partial charge on any atom is -0.447 e. The Kier molecular flexibility index (Phi) is 4.99. The quantitative estimate of drug-likeness (QED) is 0.660. The number of benzene rings is 1. The van der Waals surface area contributed by atoms with Gasteiger partial charge in [-0.25, -0.2) is 0 Å². The second-order valence-electron chi connectivity index (χ2n) is 8.31. The summed E-state index contributed by atoms with van der Waals surface area (Å²) in [6, 6.07) is 11.1. The molecule has 1 aromatic rings. The molecule has 0 aromatic heterocycles. The first kappa shape index (κ1) is 21.0. The first-order valence-electron chi connectivity index (χ1n) is 9.99. The van der Waals surface area contributed by atoms with Gasteiger partial charge in [0, 0.05) is 22.0 Å². The van der Waals surface area contributed by atoms with Gasteiger partial charge < -0.3 is 9.47 Å². The van der Waals surface area contributed by atoms with Crippen molar-refractivity contribution in [2.75, 3.05) is 0 Å². The highest BCUT2D eigenvalue weighted by Crippen LogP contribution is 2.70. The summed E-state index contributed by atoms with van der Waals surface area (Å²) in [7, 11) is 0. The summed E-state index contributed by atoms with van der Waals surface area (Å²) in [5.74, 6) is -1.90. The van der Waals surface area contributed by atoms with E-state index in [1.165, 1.54) is 0 Å². The van der Waals surface area contributed by atoms with Gasteiger partial charge in [-0.3, -0.25) is 5.41 Å². The average Bonchev–Trinajstić information content (AvgIpc) is 2.93. The first-order valence-corrected chi connectivity index (χ1v) is 10.7. The Morgan fingerprint density at radius 3 is 2.40 bits per heavy atom. The molecular weight excluding hydrogens is 423 g/mol. The molecule has 2 bridgehead atoms. The number of halogens is 2. The van der Waals surface area contributed by atoms with Crippen LogP contribution >= 0.6 is 23.2 Å². The van der Waals surface area contributed by atoms with Crippen molar-refractivity contribution in [2.45, 2.75) is 50.9 Å². The zero-order valence-corrected chi connectivity index (χ0v) is 17.9. The predicted octanol–water partition coefficient (Wildman–Crippen LogP) is 5.53. The molecule has 0 spiro atoms. The lowest BCUT2D eigenvalue weighted by Crippen LogP contribution is -2.61. The summed E-state index contributed by atoms with van der Waals surface area (Å²) < 4.78 is 12.3. The van der Waals surface area contributed by atoms with Gasteiger partial charge in [-0.15, -0.1) is 0 Å². The van der Waals surface area contributed by atoms with Gasteiger partial charge in [0.25, 0.3) is 0 Å². The molecule has 4 rings (SSSR count). The van der Waals surface area contributed by atoms with Gasteiger partial charge in [-0.1, -0.05) is 49.0 Å². The summed E-state index contributed by atoms with van der Waals surface area (Å²) in [5.41, 5.74) is -3.53. The van der Waals surface area contributed by atoms with Crippen LogP contribution in [0.4, 0.5) is 0 Å². The largest absolute Gasteiger partial charge is 0.447 e. The third-order valence-electron chi connectivity index (χ3n) is 6.98. The van der Waals surface area contributed by atoms with Crippen LogP contribution in [0.25, 0.3) is 0 Å². The molecule has 2 aliphatic heterocycles. The van der Waals surface area contributed by atoms with Gasteiger partial charge in [0.15, 0.2) is 5.41 Å². The first-order chi connectivity index (χ1) is 14.4. The van der Waals surface area contributed by atoms with Crippen LogP contribution < -0.4 is 0 Å². The summed E-state index contributed by atoms with van der Waals surface area (Å²) in [5, 5.41) is 40.1. The number of nitrogens with zero attached hydrogens (tertiary/aromatic N) is 3. The second kappa shape index (κ2) is 7.14. The molecule has 3 fully saturated rings. The van der Waals surface area contributed by atoms with Crippen molar-refractivity contribution in [3.63, 3.8) is 0 Å². The molecule has 1 N–H and O–H groups in total. The molecule has 5 unspecified atom stereocenters. The maximum absolute atomic E-state index is 10.4. The highest BCUT2D eigenvalue weighted by atomic mass is 35.5. The third kappa shape index (κ3) is 2.41. The molecular formula is C22H20Cl2N4O2. The fourth-order valence-electron chi connectivity index (χ4n) is 5.61. The van der Waals surface area contributed by atoms with E-state index in [1.807, 2.05) is 12.1 Å². The number of rotatable bonds is 3. The van der Waals surface area contributed by atoms with Crippen molar-refractivity contribution in [3.8, 4) is 18.2 Å². The fraction of sp³-hybridized carbons (Fsp3) is 0.545. The van der Waals surface area contributed by atoms with Crippen LogP contribution in [-0.4, -0.2) is 11.7 Å². The summed E-state index contributed by atoms with van der Waals surface area (Å²) in [6.45, 7) is 2.10. The molecule has 154 valence electrons. The van der Waals surface area contributed by atoms with Gasteiger partial charge >= 0.3 is 0 Å². The molecule has 0 amide bonds. The average molecular weight is 443 g/mol. The number of nitrogens with one attached hydrogen (secondary N) is 1. The van der Waals surface area contributed by atoms with E-state index in [1.54, 1.807) is 18.2 Å². The Labute approximate surface area is 185 Å². The van der Waals surface area contributed by atoms with Crippen LogP contribution in [0, 0.1) is 62.1 Å². The van der Waals surface area contributed by atoms with Gasteiger partial charge in [-0.05, 0) is 30.9 Å². The monoisotopic (exact) mass is 442 g/mol. The molecule has 0 radical (unpaired) electrons. The van der Waals surface area contributed by atoms with Gasteiger partial charge in [0.2, 0.25) is 17.1 Å². The smallest absolute Gasteiger partial charge is 0.217 e. The van der Waals surface area contributed by atoms with E-state index in [0.29, 0.717) is 18.8 Å². The normalized spacial score (nSPS) is 36.0. The zero-order chi connectivity index (χ0) is 21.7. The zero-order valence-electron chi connectivity index (χ0n) is 16.4. The SMILES string of the molecule is CCCC1CCC23OC(=N)C(C#N)(C2C1)C(C#N)(C#N)C(c1c(Cl)cccc1Cl)O3. The molecule has 1 saturated carbocycles. The Morgan fingerprint density at radius 1 is 1.17 bits per heavy atom.